The number of halogens is 7. The van der Waals surface area contributed by atoms with E-state index in [0.717, 1.165) is 12.8 Å². The highest BCUT2D eigenvalue weighted by Crippen LogP contribution is 2.61. The van der Waals surface area contributed by atoms with Gasteiger partial charge in [0.05, 0.1) is 0 Å². The van der Waals surface area contributed by atoms with Gasteiger partial charge < -0.3 is 0 Å². The maximum Gasteiger partial charge on any atom is 0.428 e. The lowest BCUT2D eigenvalue weighted by molar-refractivity contribution is -0.338. The Hall–Kier alpha value is -0.530. The van der Waals surface area contributed by atoms with Crippen LogP contribution in [0.2, 0.25) is 0 Å². The summed E-state index contributed by atoms with van der Waals surface area (Å²) in [7, 11) is 0. The van der Waals surface area contributed by atoms with Gasteiger partial charge in [-0.1, -0.05) is 32.6 Å². The Morgan fingerprint density at radius 1 is 0.737 bits per heavy atom. The van der Waals surface area contributed by atoms with E-state index in [9.17, 15) is 30.7 Å². The Morgan fingerprint density at radius 2 is 1.26 bits per heavy atom. The first-order valence-electron chi connectivity index (χ1n) is 6.04. The Balaban J connectivity index is 2.71. The summed E-state index contributed by atoms with van der Waals surface area (Å²) in [6, 6.07) is 0. The molecule has 1 aliphatic rings. The summed E-state index contributed by atoms with van der Waals surface area (Å²) < 4.78 is 93.8. The molecule has 0 spiro atoms. The normalized spacial score (nSPS) is 31.6. The maximum absolute atomic E-state index is 13.7. The zero-order valence-corrected chi connectivity index (χ0v) is 10.3. The van der Waals surface area contributed by atoms with Crippen molar-refractivity contribution in [2.75, 3.05) is 0 Å². The first-order valence-corrected chi connectivity index (χ1v) is 6.04. The van der Waals surface area contributed by atoms with Crippen LogP contribution in [0.25, 0.3) is 0 Å². The second-order valence-electron chi connectivity index (χ2n) is 4.66. The van der Waals surface area contributed by atoms with Gasteiger partial charge in [0.15, 0.2) is 0 Å². The number of ether oxygens (including phenoxy) is 1. The molecule has 114 valence electrons. The molecule has 1 saturated heterocycles. The number of alkyl halides is 7. The van der Waals surface area contributed by atoms with E-state index >= 15 is 0 Å². The van der Waals surface area contributed by atoms with E-state index in [1.165, 1.54) is 0 Å². The first-order chi connectivity index (χ1) is 8.52. The third kappa shape index (κ3) is 2.55. The molecule has 0 aromatic carbocycles. The number of hydrogen-bond donors (Lipinski definition) is 0. The molecule has 0 amide bonds. The van der Waals surface area contributed by atoms with Gasteiger partial charge in [-0.05, 0) is 6.42 Å². The van der Waals surface area contributed by atoms with E-state index in [0.29, 0.717) is 6.42 Å². The average molecular weight is 296 g/mol. The first kappa shape index (κ1) is 16.5. The standard InChI is InChI=1S/C11H15F7O/c1-2-3-4-5-6-7-8(12)9(13,14)10(15,16)11(17,18)19-8/h2-7H2,1H3. The van der Waals surface area contributed by atoms with Crippen LogP contribution in [-0.4, -0.2) is 23.8 Å². The third-order valence-electron chi connectivity index (χ3n) is 3.12. The van der Waals surface area contributed by atoms with E-state index < -0.39 is 30.2 Å². The largest absolute Gasteiger partial charge is 0.428 e. The fourth-order valence-electron chi connectivity index (χ4n) is 1.91. The van der Waals surface area contributed by atoms with Crippen LogP contribution in [0.1, 0.15) is 45.4 Å². The quantitative estimate of drug-likeness (QED) is 0.500. The lowest BCUT2D eigenvalue weighted by Crippen LogP contribution is -2.52. The van der Waals surface area contributed by atoms with Crippen LogP contribution in [-0.2, 0) is 4.74 Å². The monoisotopic (exact) mass is 296 g/mol. The van der Waals surface area contributed by atoms with Crippen molar-refractivity contribution in [2.45, 2.75) is 69.3 Å². The molecular formula is C11H15F7O. The van der Waals surface area contributed by atoms with Gasteiger partial charge in [-0.25, -0.2) is 4.39 Å². The average Bonchev–Trinajstić information content (AvgIpc) is 2.35. The maximum atomic E-state index is 13.7. The molecule has 8 heteroatoms. The molecule has 1 atom stereocenters. The van der Waals surface area contributed by atoms with Crippen molar-refractivity contribution in [2.24, 2.45) is 0 Å². The predicted molar refractivity (Wildman–Crippen MR) is 53.1 cm³/mol. The predicted octanol–water partition coefficient (Wildman–Crippen LogP) is 4.91. The van der Waals surface area contributed by atoms with Crippen molar-refractivity contribution >= 4 is 0 Å². The van der Waals surface area contributed by atoms with Crippen LogP contribution in [0.15, 0.2) is 0 Å². The highest BCUT2D eigenvalue weighted by atomic mass is 19.4. The van der Waals surface area contributed by atoms with Crippen molar-refractivity contribution in [3.63, 3.8) is 0 Å². The molecule has 0 N–H and O–H groups in total. The summed E-state index contributed by atoms with van der Waals surface area (Å²) in [4.78, 5) is 0. The third-order valence-corrected chi connectivity index (χ3v) is 3.12. The summed E-state index contributed by atoms with van der Waals surface area (Å²) in [5.41, 5.74) is 0. The zero-order valence-electron chi connectivity index (χ0n) is 10.3. The molecule has 0 radical (unpaired) electrons. The van der Waals surface area contributed by atoms with Gasteiger partial charge in [-0.2, -0.15) is 26.3 Å². The number of rotatable bonds is 6. The van der Waals surface area contributed by atoms with Gasteiger partial charge in [0, 0.05) is 6.42 Å². The van der Waals surface area contributed by atoms with E-state index in [1.807, 2.05) is 6.92 Å². The molecule has 0 bridgehead atoms. The zero-order chi connectivity index (χ0) is 14.9. The van der Waals surface area contributed by atoms with Crippen LogP contribution in [0.3, 0.4) is 0 Å². The molecule has 1 unspecified atom stereocenters. The van der Waals surface area contributed by atoms with Gasteiger partial charge >= 0.3 is 18.0 Å². The molecule has 0 saturated carbocycles. The minimum absolute atomic E-state index is 0.224. The van der Waals surface area contributed by atoms with E-state index in [4.69, 9.17) is 0 Å². The molecule has 1 fully saturated rings. The van der Waals surface area contributed by atoms with E-state index in [2.05, 4.69) is 4.74 Å². The molecular weight excluding hydrogens is 281 g/mol. The van der Waals surface area contributed by atoms with Crippen LogP contribution >= 0.6 is 0 Å². The van der Waals surface area contributed by atoms with Crippen molar-refractivity contribution in [3.05, 3.63) is 0 Å². The minimum Gasteiger partial charge on any atom is -0.272 e. The molecule has 19 heavy (non-hydrogen) atoms. The molecule has 1 heterocycles. The molecule has 1 nitrogen and oxygen atoms in total. The number of unbranched alkanes of at least 4 members (excludes halogenated alkanes) is 4. The second kappa shape index (κ2) is 5.10. The summed E-state index contributed by atoms with van der Waals surface area (Å²) in [5, 5.41) is 0. The fourth-order valence-corrected chi connectivity index (χ4v) is 1.91. The summed E-state index contributed by atoms with van der Waals surface area (Å²) in [6.07, 6.45) is -4.44. The van der Waals surface area contributed by atoms with Crippen LogP contribution < -0.4 is 0 Å². The van der Waals surface area contributed by atoms with Crippen molar-refractivity contribution < 1.29 is 35.5 Å². The number of hydrogen-bond acceptors (Lipinski definition) is 1. The Bertz CT molecular complexity index is 318. The smallest absolute Gasteiger partial charge is 0.272 e. The van der Waals surface area contributed by atoms with Crippen molar-refractivity contribution in [1.29, 1.82) is 0 Å². The Kier molecular flexibility index (Phi) is 4.44. The minimum atomic E-state index is -5.85. The van der Waals surface area contributed by atoms with Gasteiger partial charge in [0.25, 0.3) is 5.85 Å². The van der Waals surface area contributed by atoms with Gasteiger partial charge in [0.2, 0.25) is 0 Å². The van der Waals surface area contributed by atoms with Crippen LogP contribution in [0.5, 0.6) is 0 Å². The van der Waals surface area contributed by atoms with E-state index in [1.54, 1.807) is 0 Å². The molecule has 1 aliphatic heterocycles. The Morgan fingerprint density at radius 3 is 1.68 bits per heavy atom. The lowest BCUT2D eigenvalue weighted by Gasteiger charge is -2.26. The summed E-state index contributed by atoms with van der Waals surface area (Å²) in [5.74, 6) is -15.7. The van der Waals surface area contributed by atoms with Crippen LogP contribution in [0, 0.1) is 0 Å². The van der Waals surface area contributed by atoms with Crippen molar-refractivity contribution in [3.8, 4) is 0 Å². The molecule has 1 rings (SSSR count). The molecule has 0 aliphatic carbocycles. The fraction of sp³-hybridized carbons (Fsp3) is 1.00. The topological polar surface area (TPSA) is 9.23 Å². The highest BCUT2D eigenvalue weighted by molar-refractivity contribution is 5.07. The Labute approximate surface area is 106 Å². The van der Waals surface area contributed by atoms with Crippen molar-refractivity contribution in [1.82, 2.24) is 0 Å². The summed E-state index contributed by atoms with van der Waals surface area (Å²) in [6.45, 7) is 1.88. The summed E-state index contributed by atoms with van der Waals surface area (Å²) >= 11 is 0. The van der Waals surface area contributed by atoms with Gasteiger partial charge in [0.1, 0.15) is 0 Å². The van der Waals surface area contributed by atoms with Crippen LogP contribution in [0.4, 0.5) is 30.7 Å². The lowest BCUT2D eigenvalue weighted by atomic mass is 9.99. The second-order valence-corrected chi connectivity index (χ2v) is 4.66. The van der Waals surface area contributed by atoms with Gasteiger partial charge in [-0.3, -0.25) is 4.74 Å². The molecule has 0 aromatic heterocycles. The SMILES string of the molecule is CCCCCCCC1(F)OC(F)(F)C(F)(F)C1(F)F. The van der Waals surface area contributed by atoms with E-state index in [-0.39, 0.29) is 12.8 Å². The highest BCUT2D eigenvalue weighted by Gasteiger charge is 2.89. The molecule has 0 aromatic rings. The van der Waals surface area contributed by atoms with Gasteiger partial charge in [-0.15, -0.1) is 0 Å².